The third-order valence-corrected chi connectivity index (χ3v) is 2.42. The van der Waals surface area contributed by atoms with Gasteiger partial charge in [0, 0.05) is 13.6 Å². The number of anilines is 2. The molecule has 1 aromatic carbocycles. The Kier molecular flexibility index (Phi) is 4.58. The molecule has 0 heterocycles. The number of benzene rings is 1. The molecule has 0 spiro atoms. The van der Waals surface area contributed by atoms with Crippen molar-refractivity contribution in [3.63, 3.8) is 0 Å². The van der Waals surface area contributed by atoms with Crippen LogP contribution in [0.2, 0.25) is 0 Å². The maximum atomic E-state index is 12.1. The van der Waals surface area contributed by atoms with Crippen LogP contribution in [0.5, 0.6) is 0 Å². The maximum absolute atomic E-state index is 12.1. The number of halogens is 3. The van der Waals surface area contributed by atoms with E-state index >= 15 is 0 Å². The molecule has 0 unspecified atom stereocenters. The second-order valence-corrected chi connectivity index (χ2v) is 3.87. The van der Waals surface area contributed by atoms with Crippen molar-refractivity contribution >= 4 is 17.3 Å². The number of carbonyl (C=O) groups is 1. The van der Waals surface area contributed by atoms with Gasteiger partial charge in [-0.2, -0.15) is 13.2 Å². The summed E-state index contributed by atoms with van der Waals surface area (Å²) in [6.45, 7) is 2.60. The smallest absolute Gasteiger partial charge is 0.373 e. The van der Waals surface area contributed by atoms with Gasteiger partial charge in [-0.3, -0.25) is 4.79 Å². The van der Waals surface area contributed by atoms with Gasteiger partial charge in [0.1, 0.15) is 6.42 Å². The Morgan fingerprint density at radius 2 is 1.94 bits per heavy atom. The quantitative estimate of drug-likeness (QED) is 0.902. The highest BCUT2D eigenvalue weighted by Crippen LogP contribution is 2.26. The van der Waals surface area contributed by atoms with Crippen LogP contribution in [0.4, 0.5) is 24.5 Å². The van der Waals surface area contributed by atoms with Gasteiger partial charge in [0.15, 0.2) is 0 Å². The highest BCUT2D eigenvalue weighted by Gasteiger charge is 2.31. The molecule has 18 heavy (non-hydrogen) atoms. The first-order valence-corrected chi connectivity index (χ1v) is 5.50. The molecule has 1 N–H and O–H groups in total. The summed E-state index contributed by atoms with van der Waals surface area (Å²) in [5.41, 5.74) is 1.08. The van der Waals surface area contributed by atoms with Gasteiger partial charge in [-0.15, -0.1) is 0 Å². The lowest BCUT2D eigenvalue weighted by Gasteiger charge is -2.21. The van der Waals surface area contributed by atoms with Crippen molar-refractivity contribution in [3.05, 3.63) is 24.3 Å². The summed E-state index contributed by atoms with van der Waals surface area (Å²) in [5, 5.41) is 2.28. The minimum absolute atomic E-state index is 0.385. The van der Waals surface area contributed by atoms with Gasteiger partial charge in [0.2, 0.25) is 5.91 Å². The van der Waals surface area contributed by atoms with Crippen LogP contribution < -0.4 is 10.2 Å². The van der Waals surface area contributed by atoms with Crippen LogP contribution in [0.15, 0.2) is 24.3 Å². The van der Waals surface area contributed by atoms with E-state index in [1.165, 1.54) is 0 Å². The second kappa shape index (κ2) is 5.75. The van der Waals surface area contributed by atoms with E-state index < -0.39 is 18.5 Å². The number of hydrogen-bond acceptors (Lipinski definition) is 2. The summed E-state index contributed by atoms with van der Waals surface area (Å²) in [5.74, 6) is -1.06. The van der Waals surface area contributed by atoms with Crippen molar-refractivity contribution in [2.45, 2.75) is 19.5 Å². The van der Waals surface area contributed by atoms with Crippen LogP contribution in [0.3, 0.4) is 0 Å². The van der Waals surface area contributed by atoms with Crippen LogP contribution in [0, 0.1) is 0 Å². The topological polar surface area (TPSA) is 32.3 Å². The van der Waals surface area contributed by atoms with Crippen LogP contribution >= 0.6 is 0 Å². The zero-order chi connectivity index (χ0) is 13.8. The monoisotopic (exact) mass is 260 g/mol. The van der Waals surface area contributed by atoms with E-state index in [0.717, 1.165) is 0 Å². The lowest BCUT2D eigenvalue weighted by Crippen LogP contribution is -2.23. The molecule has 1 rings (SSSR count). The number of nitrogens with one attached hydrogen (secondary N) is 1. The number of amides is 1. The van der Waals surface area contributed by atoms with Crippen LogP contribution in [0.1, 0.15) is 13.3 Å². The fourth-order valence-corrected chi connectivity index (χ4v) is 1.46. The molecule has 0 aliphatic carbocycles. The summed E-state index contributed by atoms with van der Waals surface area (Å²) >= 11 is 0. The predicted octanol–water partition coefficient (Wildman–Crippen LogP) is 3.03. The Balaban J connectivity index is 2.81. The maximum Gasteiger partial charge on any atom is 0.397 e. The summed E-state index contributed by atoms with van der Waals surface area (Å²) in [7, 11) is 1.80. The van der Waals surface area contributed by atoms with Crippen molar-refractivity contribution in [2.24, 2.45) is 0 Å². The first-order valence-electron chi connectivity index (χ1n) is 5.50. The fraction of sp³-hybridized carbons (Fsp3) is 0.417. The molecular weight excluding hydrogens is 245 g/mol. The predicted molar refractivity (Wildman–Crippen MR) is 64.7 cm³/mol. The Morgan fingerprint density at radius 3 is 2.50 bits per heavy atom. The lowest BCUT2D eigenvalue weighted by atomic mass is 10.2. The van der Waals surface area contributed by atoms with Crippen LogP contribution in [-0.2, 0) is 4.79 Å². The minimum Gasteiger partial charge on any atom is -0.373 e. The molecule has 0 saturated carbocycles. The van der Waals surface area contributed by atoms with E-state index in [-0.39, 0.29) is 0 Å². The molecule has 100 valence electrons. The lowest BCUT2D eigenvalue weighted by molar-refractivity contribution is -0.150. The Labute approximate surface area is 104 Å². The van der Waals surface area contributed by atoms with Gasteiger partial charge in [-0.05, 0) is 19.1 Å². The number of para-hydroxylation sites is 2. The molecule has 0 aromatic heterocycles. The number of carbonyl (C=O) groups excluding carboxylic acids is 1. The summed E-state index contributed by atoms with van der Waals surface area (Å²) in [6.07, 6.45) is -5.97. The zero-order valence-corrected chi connectivity index (χ0v) is 10.2. The molecule has 1 amide bonds. The van der Waals surface area contributed by atoms with Gasteiger partial charge in [0.25, 0.3) is 0 Å². The number of alkyl halides is 3. The third-order valence-electron chi connectivity index (χ3n) is 2.42. The SMILES string of the molecule is CCN(C)c1ccccc1NC(=O)CC(F)(F)F. The van der Waals surface area contributed by atoms with E-state index in [4.69, 9.17) is 0 Å². The van der Waals surface area contributed by atoms with E-state index in [1.54, 1.807) is 31.3 Å². The summed E-state index contributed by atoms with van der Waals surface area (Å²) < 4.78 is 36.2. The van der Waals surface area contributed by atoms with Gasteiger partial charge in [0.05, 0.1) is 11.4 Å². The number of rotatable bonds is 4. The van der Waals surface area contributed by atoms with Crippen LogP contribution in [-0.4, -0.2) is 25.7 Å². The molecule has 6 heteroatoms. The molecule has 0 atom stereocenters. The molecule has 1 aromatic rings. The van der Waals surface area contributed by atoms with Crippen molar-refractivity contribution in [3.8, 4) is 0 Å². The highest BCUT2D eigenvalue weighted by molar-refractivity contribution is 5.94. The molecule has 0 bridgehead atoms. The minimum atomic E-state index is -4.49. The summed E-state index contributed by atoms with van der Waals surface area (Å²) in [4.78, 5) is 13.1. The third kappa shape index (κ3) is 4.27. The van der Waals surface area contributed by atoms with Crippen LogP contribution in [0.25, 0.3) is 0 Å². The number of nitrogens with zero attached hydrogens (tertiary/aromatic N) is 1. The van der Waals surface area contributed by atoms with Gasteiger partial charge in [-0.25, -0.2) is 0 Å². The average molecular weight is 260 g/mol. The van der Waals surface area contributed by atoms with E-state index in [0.29, 0.717) is 17.9 Å². The van der Waals surface area contributed by atoms with Gasteiger partial charge < -0.3 is 10.2 Å². The van der Waals surface area contributed by atoms with E-state index in [2.05, 4.69) is 5.32 Å². The van der Waals surface area contributed by atoms with Gasteiger partial charge in [-0.1, -0.05) is 12.1 Å². The molecular formula is C12H15F3N2O. The van der Waals surface area contributed by atoms with Crippen molar-refractivity contribution in [1.29, 1.82) is 0 Å². The molecule has 0 radical (unpaired) electrons. The Bertz CT molecular complexity index is 418. The Hall–Kier alpha value is -1.72. The van der Waals surface area contributed by atoms with Crippen molar-refractivity contribution in [1.82, 2.24) is 0 Å². The molecule has 3 nitrogen and oxygen atoms in total. The molecule has 0 fully saturated rings. The highest BCUT2D eigenvalue weighted by atomic mass is 19.4. The fourth-order valence-electron chi connectivity index (χ4n) is 1.46. The van der Waals surface area contributed by atoms with Crippen molar-refractivity contribution in [2.75, 3.05) is 23.8 Å². The standard InChI is InChI=1S/C12H15F3N2O/c1-3-17(2)10-7-5-4-6-9(10)16-11(18)8-12(13,14)15/h4-7H,3,8H2,1-2H3,(H,16,18). The normalized spacial score (nSPS) is 11.2. The zero-order valence-electron chi connectivity index (χ0n) is 10.2. The van der Waals surface area contributed by atoms with E-state index in [9.17, 15) is 18.0 Å². The second-order valence-electron chi connectivity index (χ2n) is 3.87. The summed E-state index contributed by atoms with van der Waals surface area (Å²) in [6, 6.07) is 6.75. The molecule has 0 aliphatic heterocycles. The molecule has 0 aliphatic rings. The first kappa shape index (κ1) is 14.3. The first-order chi connectivity index (χ1) is 8.33. The average Bonchev–Trinajstić information content (AvgIpc) is 2.26. The van der Waals surface area contributed by atoms with E-state index in [1.807, 2.05) is 11.8 Å². The van der Waals surface area contributed by atoms with Gasteiger partial charge >= 0.3 is 6.18 Å². The number of hydrogen-bond donors (Lipinski definition) is 1. The van der Waals surface area contributed by atoms with Crippen molar-refractivity contribution < 1.29 is 18.0 Å². The Morgan fingerprint density at radius 1 is 1.33 bits per heavy atom. The molecule has 0 saturated heterocycles. The largest absolute Gasteiger partial charge is 0.397 e.